The van der Waals surface area contributed by atoms with E-state index in [1.165, 1.54) is 18.2 Å². The number of oxazole rings is 1. The van der Waals surface area contributed by atoms with Crippen molar-refractivity contribution in [2.75, 3.05) is 6.54 Å². The third-order valence-electron chi connectivity index (χ3n) is 3.40. The Morgan fingerprint density at radius 3 is 2.69 bits per heavy atom. The average Bonchev–Trinajstić information content (AvgIpc) is 3.07. The maximum atomic E-state index is 12.2. The first kappa shape index (κ1) is 17.6. The van der Waals surface area contributed by atoms with Crippen molar-refractivity contribution in [1.29, 1.82) is 5.26 Å². The van der Waals surface area contributed by atoms with E-state index >= 15 is 0 Å². The molecule has 0 unspecified atom stereocenters. The Morgan fingerprint density at radius 2 is 1.92 bits per heavy atom. The number of esters is 1. The molecule has 3 aromatic rings. The molecule has 1 aromatic heterocycles. The van der Waals surface area contributed by atoms with Crippen molar-refractivity contribution in [3.8, 4) is 6.07 Å². The zero-order chi connectivity index (χ0) is 18.6. The quantitative estimate of drug-likeness (QED) is 0.655. The molecule has 0 spiro atoms. The van der Waals surface area contributed by atoms with Crippen LogP contribution in [0.1, 0.15) is 11.5 Å². The molecule has 9 heteroatoms. The van der Waals surface area contributed by atoms with Gasteiger partial charge in [0.15, 0.2) is 12.2 Å². The molecule has 0 aliphatic heterocycles. The van der Waals surface area contributed by atoms with Crippen molar-refractivity contribution >= 4 is 27.1 Å². The molecule has 0 saturated carbocycles. The van der Waals surface area contributed by atoms with Crippen LogP contribution in [-0.4, -0.2) is 25.9 Å². The van der Waals surface area contributed by atoms with Crippen LogP contribution in [0.25, 0.3) is 11.1 Å². The standard InChI is InChI=1S/C17H13N3O5S/c18-9-12-5-1-4-8-15(12)26(22,23)19-10-17(21)24-11-16-20-13-6-2-3-7-14(13)25-16/h1-8,19H,10-11H2. The predicted octanol–water partition coefficient (Wildman–Crippen LogP) is 1.72. The second kappa shape index (κ2) is 7.35. The number of nitriles is 1. The maximum absolute atomic E-state index is 12.2. The number of aromatic nitrogens is 1. The SMILES string of the molecule is N#Cc1ccccc1S(=O)(=O)NCC(=O)OCc1nc2ccccc2o1. The summed E-state index contributed by atoms with van der Waals surface area (Å²) in [5, 5.41) is 8.98. The predicted molar refractivity (Wildman–Crippen MR) is 90.2 cm³/mol. The lowest BCUT2D eigenvalue weighted by molar-refractivity contribution is -0.144. The number of carbonyl (C=O) groups is 1. The molecule has 132 valence electrons. The molecule has 0 saturated heterocycles. The van der Waals surface area contributed by atoms with E-state index in [1.807, 2.05) is 0 Å². The lowest BCUT2D eigenvalue weighted by Crippen LogP contribution is -2.31. The van der Waals surface area contributed by atoms with Crippen LogP contribution < -0.4 is 4.72 Å². The van der Waals surface area contributed by atoms with Gasteiger partial charge in [0.2, 0.25) is 15.9 Å². The van der Waals surface area contributed by atoms with Gasteiger partial charge in [-0.1, -0.05) is 24.3 Å². The summed E-state index contributed by atoms with van der Waals surface area (Å²) in [4.78, 5) is 15.7. The zero-order valence-corrected chi connectivity index (χ0v) is 14.2. The minimum absolute atomic E-state index is 0.0140. The van der Waals surface area contributed by atoms with Gasteiger partial charge in [0.1, 0.15) is 18.1 Å². The monoisotopic (exact) mass is 371 g/mol. The van der Waals surface area contributed by atoms with Crippen molar-refractivity contribution < 1.29 is 22.4 Å². The van der Waals surface area contributed by atoms with Crippen molar-refractivity contribution in [3.05, 3.63) is 60.0 Å². The van der Waals surface area contributed by atoms with Crippen LogP contribution in [0.4, 0.5) is 0 Å². The summed E-state index contributed by atoms with van der Waals surface area (Å²) in [7, 11) is -4.01. The van der Waals surface area contributed by atoms with Gasteiger partial charge in [-0.2, -0.15) is 9.98 Å². The van der Waals surface area contributed by atoms with Crippen molar-refractivity contribution in [3.63, 3.8) is 0 Å². The Bertz CT molecular complexity index is 1070. The van der Waals surface area contributed by atoms with Crippen LogP contribution in [0.2, 0.25) is 0 Å². The van der Waals surface area contributed by atoms with Gasteiger partial charge in [-0.15, -0.1) is 0 Å². The summed E-state index contributed by atoms with van der Waals surface area (Å²) < 4.78 is 36.9. The van der Waals surface area contributed by atoms with E-state index in [4.69, 9.17) is 14.4 Å². The summed E-state index contributed by atoms with van der Waals surface area (Å²) in [5.41, 5.74) is 1.18. The van der Waals surface area contributed by atoms with Crippen LogP contribution in [0.3, 0.4) is 0 Å². The molecule has 0 fully saturated rings. The lowest BCUT2D eigenvalue weighted by Gasteiger charge is -2.07. The molecule has 0 bridgehead atoms. The second-order valence-corrected chi connectivity index (χ2v) is 6.90. The van der Waals surface area contributed by atoms with Gasteiger partial charge in [-0.05, 0) is 24.3 Å². The van der Waals surface area contributed by atoms with Crippen LogP contribution in [0.15, 0.2) is 57.8 Å². The Hall–Kier alpha value is -3.22. The van der Waals surface area contributed by atoms with Gasteiger partial charge in [0.25, 0.3) is 0 Å². The molecule has 3 rings (SSSR count). The summed E-state index contributed by atoms with van der Waals surface area (Å²) in [6.07, 6.45) is 0. The summed E-state index contributed by atoms with van der Waals surface area (Å²) >= 11 is 0. The van der Waals surface area contributed by atoms with Gasteiger partial charge in [-0.25, -0.2) is 13.4 Å². The van der Waals surface area contributed by atoms with E-state index in [0.29, 0.717) is 11.1 Å². The molecule has 0 radical (unpaired) electrons. The van der Waals surface area contributed by atoms with Crippen LogP contribution >= 0.6 is 0 Å². The molecule has 0 aliphatic rings. The van der Waals surface area contributed by atoms with E-state index in [0.717, 1.165) is 0 Å². The Labute approximate surface area is 149 Å². The van der Waals surface area contributed by atoms with Crippen LogP contribution in [0.5, 0.6) is 0 Å². The largest absolute Gasteiger partial charge is 0.455 e. The molecule has 2 aromatic carbocycles. The van der Waals surface area contributed by atoms with Gasteiger partial charge >= 0.3 is 5.97 Å². The highest BCUT2D eigenvalue weighted by Gasteiger charge is 2.19. The molecule has 26 heavy (non-hydrogen) atoms. The molecule has 0 atom stereocenters. The fraction of sp³-hybridized carbons (Fsp3) is 0.118. The summed E-state index contributed by atoms with van der Waals surface area (Å²) in [6.45, 7) is -0.799. The number of para-hydroxylation sites is 2. The highest BCUT2D eigenvalue weighted by molar-refractivity contribution is 7.89. The third-order valence-corrected chi connectivity index (χ3v) is 4.86. The van der Waals surface area contributed by atoms with Gasteiger partial charge in [-0.3, -0.25) is 4.79 Å². The van der Waals surface area contributed by atoms with E-state index < -0.39 is 22.5 Å². The fourth-order valence-corrected chi connectivity index (χ4v) is 3.32. The molecule has 1 N–H and O–H groups in total. The average molecular weight is 371 g/mol. The van der Waals surface area contributed by atoms with Crippen LogP contribution in [0, 0.1) is 11.3 Å². The number of hydrogen-bond acceptors (Lipinski definition) is 7. The first-order chi connectivity index (χ1) is 12.5. The number of benzene rings is 2. The van der Waals surface area contributed by atoms with Gasteiger partial charge in [0.05, 0.1) is 10.5 Å². The molecular weight excluding hydrogens is 358 g/mol. The second-order valence-electron chi connectivity index (χ2n) is 5.17. The first-order valence-corrected chi connectivity index (χ1v) is 8.97. The zero-order valence-electron chi connectivity index (χ0n) is 13.4. The molecule has 1 heterocycles. The third kappa shape index (κ3) is 3.88. The van der Waals surface area contributed by atoms with Crippen LogP contribution in [-0.2, 0) is 26.2 Å². The van der Waals surface area contributed by atoms with Crippen molar-refractivity contribution in [1.82, 2.24) is 9.71 Å². The van der Waals surface area contributed by atoms with Gasteiger partial charge in [0, 0.05) is 0 Å². The Morgan fingerprint density at radius 1 is 1.19 bits per heavy atom. The van der Waals surface area contributed by atoms with E-state index in [1.54, 1.807) is 36.4 Å². The number of nitrogens with zero attached hydrogens (tertiary/aromatic N) is 2. The topological polar surface area (TPSA) is 122 Å². The Balaban J connectivity index is 1.59. The number of fused-ring (bicyclic) bond motifs is 1. The summed E-state index contributed by atoms with van der Waals surface area (Å²) in [5.74, 6) is -0.595. The van der Waals surface area contributed by atoms with Crippen molar-refractivity contribution in [2.45, 2.75) is 11.5 Å². The Kier molecular flexibility index (Phi) is 4.97. The number of hydrogen-bond donors (Lipinski definition) is 1. The number of sulfonamides is 1. The number of carbonyl (C=O) groups excluding carboxylic acids is 1. The number of rotatable bonds is 6. The highest BCUT2D eigenvalue weighted by atomic mass is 32.2. The van der Waals surface area contributed by atoms with E-state index in [-0.39, 0.29) is 23.0 Å². The fourth-order valence-electron chi connectivity index (χ4n) is 2.20. The molecular formula is C17H13N3O5S. The van der Waals surface area contributed by atoms with Gasteiger partial charge < -0.3 is 9.15 Å². The first-order valence-electron chi connectivity index (χ1n) is 7.48. The van der Waals surface area contributed by atoms with E-state index in [9.17, 15) is 13.2 Å². The highest BCUT2D eigenvalue weighted by Crippen LogP contribution is 2.16. The smallest absolute Gasteiger partial charge is 0.321 e. The minimum atomic E-state index is -4.01. The van der Waals surface area contributed by atoms with Crippen molar-refractivity contribution in [2.24, 2.45) is 0 Å². The normalized spacial score (nSPS) is 11.2. The van der Waals surface area contributed by atoms with E-state index in [2.05, 4.69) is 9.71 Å². The number of nitrogens with one attached hydrogen (secondary N) is 1. The molecule has 0 aliphatic carbocycles. The molecule has 0 amide bonds. The minimum Gasteiger partial charge on any atom is -0.455 e. The summed E-state index contributed by atoms with van der Waals surface area (Å²) in [6, 6.07) is 14.6. The molecule has 8 nitrogen and oxygen atoms in total. The number of ether oxygens (including phenoxy) is 1. The maximum Gasteiger partial charge on any atom is 0.321 e. The lowest BCUT2D eigenvalue weighted by atomic mass is 10.2.